The number of epoxide rings is 1. The third-order valence-electron chi connectivity index (χ3n) is 0.755. The monoisotopic (exact) mass is 122 g/mol. The molecule has 0 aromatic rings. The molecule has 3 heteroatoms. The summed E-state index contributed by atoms with van der Waals surface area (Å²) in [6.07, 6.45) is 0.426. The molecule has 0 aromatic carbocycles. The van der Waals surface area contributed by atoms with Crippen molar-refractivity contribution in [3.63, 3.8) is 0 Å². The van der Waals surface area contributed by atoms with E-state index in [1.165, 1.54) is 0 Å². The van der Waals surface area contributed by atoms with Crippen LogP contribution in [0.2, 0.25) is 0 Å². The smallest absolute Gasteiger partial charge is 0.104 e. The number of hydrogen-bond donors (Lipinski definition) is 0. The van der Waals surface area contributed by atoms with Crippen LogP contribution < -0.4 is 0 Å². The van der Waals surface area contributed by atoms with Gasteiger partial charge < -0.3 is 9.47 Å². The Hall–Kier alpha value is 0.270. The van der Waals surface area contributed by atoms with E-state index in [0.29, 0.717) is 6.10 Å². The Labute approximate surface area is 50.2 Å². The van der Waals surface area contributed by atoms with Crippen LogP contribution >= 0.6 is 13.5 Å². The van der Waals surface area contributed by atoms with E-state index < -0.39 is 0 Å². The molecule has 0 aromatic heterocycles. The van der Waals surface area contributed by atoms with Crippen molar-refractivity contribution in [2.75, 3.05) is 20.3 Å². The molecule has 0 aliphatic carbocycles. The molecule has 1 unspecified atom stereocenters. The molecule has 0 N–H and O–H groups in total. The maximum Gasteiger partial charge on any atom is 0.104 e. The molecule has 1 heterocycles. The summed E-state index contributed by atoms with van der Waals surface area (Å²) in [7, 11) is 1.68. The first-order valence-corrected chi connectivity index (χ1v) is 2.04. The first kappa shape index (κ1) is 7.27. The number of methoxy groups -OCH3 is 1. The maximum absolute atomic E-state index is 4.82. The molecule has 1 rings (SSSR count). The van der Waals surface area contributed by atoms with Gasteiger partial charge >= 0.3 is 0 Å². The number of hydrogen-bond acceptors (Lipinski definition) is 2. The summed E-state index contributed by atoms with van der Waals surface area (Å²) in [4.78, 5) is 0. The molecule has 1 aliphatic heterocycles. The molecule has 0 amide bonds. The van der Waals surface area contributed by atoms with Crippen LogP contribution in [0.4, 0.5) is 0 Å². The van der Waals surface area contributed by atoms with Gasteiger partial charge in [0.2, 0.25) is 0 Å². The Morgan fingerprint density at radius 2 is 2.43 bits per heavy atom. The van der Waals surface area contributed by atoms with Gasteiger partial charge in [-0.3, -0.25) is 0 Å². The van der Waals surface area contributed by atoms with Crippen LogP contribution in [0.15, 0.2) is 0 Å². The predicted molar refractivity (Wildman–Crippen MR) is 32.0 cm³/mol. The molecule has 0 spiro atoms. The lowest BCUT2D eigenvalue weighted by atomic mass is 10.5. The second kappa shape index (κ2) is 3.29. The molecule has 2 nitrogen and oxygen atoms in total. The highest BCUT2D eigenvalue weighted by Gasteiger charge is 2.21. The average molecular weight is 122 g/mol. The zero-order valence-corrected chi connectivity index (χ0v) is 5.31. The van der Waals surface area contributed by atoms with Gasteiger partial charge in [0, 0.05) is 7.11 Å². The normalized spacial score (nSPS) is 26.1. The summed E-state index contributed by atoms with van der Waals surface area (Å²) in [5, 5.41) is 0. The maximum atomic E-state index is 4.82. The van der Waals surface area contributed by atoms with Gasteiger partial charge in [-0.1, -0.05) is 0 Å². The van der Waals surface area contributed by atoms with Gasteiger partial charge in [0.25, 0.3) is 0 Å². The van der Waals surface area contributed by atoms with E-state index in [1.807, 2.05) is 0 Å². The highest BCUT2D eigenvalue weighted by Crippen LogP contribution is 2.06. The Bertz CT molecular complexity index is 45.0. The molecule has 0 saturated carbocycles. The molecular formula is C4H10O2S. The molecule has 1 fully saturated rings. The van der Waals surface area contributed by atoms with E-state index in [2.05, 4.69) is 0 Å². The third kappa shape index (κ3) is 2.91. The molecular weight excluding hydrogens is 112 g/mol. The summed E-state index contributed by atoms with van der Waals surface area (Å²) >= 11 is 0. The Morgan fingerprint density at radius 1 is 1.86 bits per heavy atom. The van der Waals surface area contributed by atoms with Crippen LogP contribution in [-0.2, 0) is 9.47 Å². The third-order valence-corrected chi connectivity index (χ3v) is 0.755. The topological polar surface area (TPSA) is 21.8 Å². The Balaban J connectivity index is 0.000000360. The van der Waals surface area contributed by atoms with Crippen LogP contribution in [0.5, 0.6) is 0 Å². The van der Waals surface area contributed by atoms with Crippen molar-refractivity contribution in [3.05, 3.63) is 0 Å². The van der Waals surface area contributed by atoms with Gasteiger partial charge in [-0.05, 0) is 0 Å². The van der Waals surface area contributed by atoms with Crippen molar-refractivity contribution < 1.29 is 9.47 Å². The molecule has 44 valence electrons. The van der Waals surface area contributed by atoms with Crippen LogP contribution in [-0.4, -0.2) is 26.4 Å². The lowest BCUT2D eigenvalue weighted by Gasteiger charge is -1.84. The quantitative estimate of drug-likeness (QED) is 0.486. The molecule has 1 saturated heterocycles. The summed E-state index contributed by atoms with van der Waals surface area (Å²) in [5.74, 6) is 0. The van der Waals surface area contributed by atoms with Gasteiger partial charge in [-0.25, -0.2) is 0 Å². The minimum atomic E-state index is 0. The van der Waals surface area contributed by atoms with Crippen LogP contribution in [0, 0.1) is 0 Å². The predicted octanol–water partition coefficient (Wildman–Crippen LogP) is 0.144. The van der Waals surface area contributed by atoms with E-state index in [0.717, 1.165) is 13.2 Å². The first-order chi connectivity index (χ1) is 2.93. The average Bonchev–Trinajstić information content (AvgIpc) is 2.21. The lowest BCUT2D eigenvalue weighted by Crippen LogP contribution is -1.94. The zero-order chi connectivity index (χ0) is 4.41. The summed E-state index contributed by atoms with van der Waals surface area (Å²) in [6, 6.07) is 0. The van der Waals surface area contributed by atoms with Crippen molar-refractivity contribution in [1.29, 1.82) is 0 Å². The van der Waals surface area contributed by atoms with Crippen LogP contribution in [0.1, 0.15) is 0 Å². The molecule has 1 aliphatic rings. The van der Waals surface area contributed by atoms with E-state index in [1.54, 1.807) is 7.11 Å². The fraction of sp³-hybridized carbons (Fsp3) is 1.00. The van der Waals surface area contributed by atoms with Crippen LogP contribution in [0.3, 0.4) is 0 Å². The Morgan fingerprint density at radius 3 is 2.57 bits per heavy atom. The largest absolute Gasteiger partial charge is 0.382 e. The fourth-order valence-corrected chi connectivity index (χ4v) is 0.350. The summed E-state index contributed by atoms with van der Waals surface area (Å²) < 4.78 is 9.56. The summed E-state index contributed by atoms with van der Waals surface area (Å²) in [6.45, 7) is 1.66. The van der Waals surface area contributed by atoms with E-state index in [4.69, 9.17) is 9.47 Å². The van der Waals surface area contributed by atoms with Gasteiger partial charge in [0.05, 0.1) is 13.2 Å². The van der Waals surface area contributed by atoms with Gasteiger partial charge in [-0.2, -0.15) is 13.5 Å². The number of rotatable bonds is 2. The van der Waals surface area contributed by atoms with Crippen molar-refractivity contribution in [1.82, 2.24) is 0 Å². The molecule has 0 radical (unpaired) electrons. The summed E-state index contributed by atoms with van der Waals surface area (Å²) in [5.41, 5.74) is 0. The highest BCUT2D eigenvalue weighted by atomic mass is 32.1. The second-order valence-electron chi connectivity index (χ2n) is 1.41. The molecule has 7 heavy (non-hydrogen) atoms. The fourth-order valence-electron chi connectivity index (χ4n) is 0.350. The number of ether oxygens (including phenoxy) is 2. The zero-order valence-electron chi connectivity index (χ0n) is 4.31. The van der Waals surface area contributed by atoms with E-state index in [-0.39, 0.29) is 13.5 Å². The van der Waals surface area contributed by atoms with E-state index in [9.17, 15) is 0 Å². The lowest BCUT2D eigenvalue weighted by molar-refractivity contribution is 0.171. The van der Waals surface area contributed by atoms with Gasteiger partial charge in [0.15, 0.2) is 0 Å². The second-order valence-corrected chi connectivity index (χ2v) is 1.41. The Kier molecular flexibility index (Phi) is 3.42. The minimum absolute atomic E-state index is 0. The van der Waals surface area contributed by atoms with Crippen LogP contribution in [0.25, 0.3) is 0 Å². The van der Waals surface area contributed by atoms with Gasteiger partial charge in [0.1, 0.15) is 6.10 Å². The van der Waals surface area contributed by atoms with Crippen molar-refractivity contribution >= 4 is 13.5 Å². The molecule has 1 atom stereocenters. The van der Waals surface area contributed by atoms with Crippen molar-refractivity contribution in [3.8, 4) is 0 Å². The highest BCUT2D eigenvalue weighted by molar-refractivity contribution is 7.59. The first-order valence-electron chi connectivity index (χ1n) is 2.04. The standard InChI is InChI=1S/C4H8O2.H2S/c1-5-2-4-3-6-4;/h4H,2-3H2,1H3;1H2. The molecule has 0 bridgehead atoms. The van der Waals surface area contributed by atoms with Crippen molar-refractivity contribution in [2.24, 2.45) is 0 Å². The SMILES string of the molecule is COCC1CO1.S. The van der Waals surface area contributed by atoms with Gasteiger partial charge in [-0.15, -0.1) is 0 Å². The van der Waals surface area contributed by atoms with E-state index >= 15 is 0 Å². The minimum Gasteiger partial charge on any atom is -0.382 e. The van der Waals surface area contributed by atoms with Crippen molar-refractivity contribution in [2.45, 2.75) is 6.10 Å².